The van der Waals surface area contributed by atoms with Crippen molar-refractivity contribution in [2.45, 2.75) is 30.9 Å². The van der Waals surface area contributed by atoms with Gasteiger partial charge in [0.1, 0.15) is 0 Å². The van der Waals surface area contributed by atoms with Crippen molar-refractivity contribution in [2.24, 2.45) is 5.92 Å². The minimum absolute atomic E-state index is 0.120. The van der Waals surface area contributed by atoms with Gasteiger partial charge in [-0.05, 0) is 25.7 Å². The van der Waals surface area contributed by atoms with Gasteiger partial charge in [-0.2, -0.15) is 0 Å². The van der Waals surface area contributed by atoms with Crippen molar-refractivity contribution in [1.82, 2.24) is 4.31 Å². The van der Waals surface area contributed by atoms with Crippen LogP contribution in [0, 0.1) is 5.92 Å². The SMILES string of the molecule is O=C(O)[C@@H]1CCCN(S(=O)(=O)C2CCOCC2)C1. The van der Waals surface area contributed by atoms with E-state index in [1.54, 1.807) is 0 Å². The number of carbonyl (C=O) groups is 1. The summed E-state index contributed by atoms with van der Waals surface area (Å²) >= 11 is 0. The van der Waals surface area contributed by atoms with E-state index in [-0.39, 0.29) is 6.54 Å². The summed E-state index contributed by atoms with van der Waals surface area (Å²) in [5, 5.41) is 8.59. The molecule has 104 valence electrons. The second kappa shape index (κ2) is 5.54. The van der Waals surface area contributed by atoms with Crippen LogP contribution in [0.25, 0.3) is 0 Å². The van der Waals surface area contributed by atoms with Crippen LogP contribution >= 0.6 is 0 Å². The van der Waals surface area contributed by atoms with Gasteiger partial charge in [0.25, 0.3) is 0 Å². The van der Waals surface area contributed by atoms with Gasteiger partial charge in [0.2, 0.25) is 10.0 Å². The Morgan fingerprint density at radius 1 is 1.22 bits per heavy atom. The number of ether oxygens (including phenoxy) is 1. The molecule has 18 heavy (non-hydrogen) atoms. The van der Waals surface area contributed by atoms with E-state index in [2.05, 4.69) is 0 Å². The van der Waals surface area contributed by atoms with Crippen molar-refractivity contribution < 1.29 is 23.1 Å². The van der Waals surface area contributed by atoms with Crippen LogP contribution in [0.4, 0.5) is 0 Å². The van der Waals surface area contributed by atoms with E-state index >= 15 is 0 Å². The fourth-order valence-corrected chi connectivity index (χ4v) is 4.54. The van der Waals surface area contributed by atoms with E-state index in [1.165, 1.54) is 4.31 Å². The maximum absolute atomic E-state index is 12.4. The minimum Gasteiger partial charge on any atom is -0.481 e. The lowest BCUT2D eigenvalue weighted by Gasteiger charge is -2.34. The number of piperidine rings is 1. The molecule has 0 radical (unpaired) electrons. The molecule has 1 N–H and O–H groups in total. The average molecular weight is 277 g/mol. The fraction of sp³-hybridized carbons (Fsp3) is 0.909. The van der Waals surface area contributed by atoms with Crippen LogP contribution in [0.2, 0.25) is 0 Å². The van der Waals surface area contributed by atoms with Crippen LogP contribution < -0.4 is 0 Å². The van der Waals surface area contributed by atoms with Gasteiger partial charge >= 0.3 is 5.97 Å². The molecule has 0 aromatic rings. The number of nitrogens with zero attached hydrogens (tertiary/aromatic N) is 1. The number of rotatable bonds is 3. The van der Waals surface area contributed by atoms with Crippen molar-refractivity contribution in [3.8, 4) is 0 Å². The molecule has 2 fully saturated rings. The molecular weight excluding hydrogens is 258 g/mol. The minimum atomic E-state index is -3.36. The third-order valence-corrected chi connectivity index (χ3v) is 6.05. The molecule has 1 atom stereocenters. The highest BCUT2D eigenvalue weighted by molar-refractivity contribution is 7.89. The second-order valence-electron chi connectivity index (χ2n) is 4.89. The van der Waals surface area contributed by atoms with E-state index in [4.69, 9.17) is 9.84 Å². The summed E-state index contributed by atoms with van der Waals surface area (Å²) in [6.07, 6.45) is 2.21. The van der Waals surface area contributed by atoms with E-state index in [1.807, 2.05) is 0 Å². The van der Waals surface area contributed by atoms with Gasteiger partial charge < -0.3 is 9.84 Å². The molecule has 0 spiro atoms. The van der Waals surface area contributed by atoms with E-state index < -0.39 is 27.2 Å². The molecule has 2 rings (SSSR count). The standard InChI is InChI=1S/C11H19NO5S/c13-11(14)9-2-1-5-12(8-9)18(15,16)10-3-6-17-7-4-10/h9-10H,1-8H2,(H,13,14)/t9-/m1/s1. The van der Waals surface area contributed by atoms with Gasteiger partial charge in [-0.1, -0.05) is 0 Å². The van der Waals surface area contributed by atoms with E-state index in [0.717, 1.165) is 0 Å². The predicted octanol–water partition coefficient (Wildman–Crippen LogP) is 0.292. The average Bonchev–Trinajstić information content (AvgIpc) is 2.40. The van der Waals surface area contributed by atoms with E-state index in [0.29, 0.717) is 45.4 Å². The van der Waals surface area contributed by atoms with E-state index in [9.17, 15) is 13.2 Å². The third-order valence-electron chi connectivity index (χ3n) is 3.68. The lowest BCUT2D eigenvalue weighted by atomic mass is 10.0. The number of hydrogen-bond donors (Lipinski definition) is 1. The molecule has 2 aliphatic heterocycles. The Balaban J connectivity index is 2.06. The largest absolute Gasteiger partial charge is 0.481 e. The maximum Gasteiger partial charge on any atom is 0.307 e. The first kappa shape index (κ1) is 13.8. The first-order valence-electron chi connectivity index (χ1n) is 6.31. The molecule has 0 aromatic carbocycles. The summed E-state index contributed by atoms with van der Waals surface area (Å²) in [5.74, 6) is -1.46. The first-order chi connectivity index (χ1) is 8.51. The molecule has 0 unspecified atom stereocenters. The van der Waals surface area contributed by atoms with Crippen molar-refractivity contribution in [2.75, 3.05) is 26.3 Å². The summed E-state index contributed by atoms with van der Waals surface area (Å²) in [5.41, 5.74) is 0. The molecule has 2 aliphatic rings. The molecule has 2 heterocycles. The molecule has 6 nitrogen and oxygen atoms in total. The Hall–Kier alpha value is -0.660. The molecule has 2 saturated heterocycles. The summed E-state index contributed by atoms with van der Waals surface area (Å²) in [6, 6.07) is 0. The summed E-state index contributed by atoms with van der Waals surface area (Å²) in [4.78, 5) is 11.0. The molecule has 0 aliphatic carbocycles. The van der Waals surface area contributed by atoms with Crippen LogP contribution in [0.3, 0.4) is 0 Å². The second-order valence-corrected chi connectivity index (χ2v) is 7.11. The Morgan fingerprint density at radius 3 is 2.50 bits per heavy atom. The molecule has 0 amide bonds. The van der Waals surface area contributed by atoms with Crippen LogP contribution in [-0.4, -0.2) is 55.4 Å². The lowest BCUT2D eigenvalue weighted by molar-refractivity contribution is -0.142. The predicted molar refractivity (Wildman–Crippen MR) is 64.7 cm³/mol. The van der Waals surface area contributed by atoms with Gasteiger partial charge in [-0.3, -0.25) is 4.79 Å². The monoisotopic (exact) mass is 277 g/mol. The number of carboxylic acid groups (broad SMARTS) is 1. The van der Waals surface area contributed by atoms with Gasteiger partial charge in [0, 0.05) is 26.3 Å². The fourth-order valence-electron chi connectivity index (χ4n) is 2.56. The zero-order valence-corrected chi connectivity index (χ0v) is 11.1. The summed E-state index contributed by atoms with van der Waals surface area (Å²) in [6.45, 7) is 1.51. The van der Waals surface area contributed by atoms with Crippen molar-refractivity contribution in [3.63, 3.8) is 0 Å². The number of sulfonamides is 1. The van der Waals surface area contributed by atoms with Gasteiger partial charge in [0.15, 0.2) is 0 Å². The van der Waals surface area contributed by atoms with Gasteiger partial charge in [0.05, 0.1) is 11.2 Å². The highest BCUT2D eigenvalue weighted by atomic mass is 32.2. The number of hydrogen-bond acceptors (Lipinski definition) is 4. The molecular formula is C11H19NO5S. The Labute approximate surface area is 107 Å². The Kier molecular flexibility index (Phi) is 4.24. The van der Waals surface area contributed by atoms with Crippen molar-refractivity contribution in [3.05, 3.63) is 0 Å². The molecule has 7 heteroatoms. The number of aliphatic carboxylic acids is 1. The quantitative estimate of drug-likeness (QED) is 0.801. The maximum atomic E-state index is 12.4. The van der Waals surface area contributed by atoms with Crippen molar-refractivity contribution in [1.29, 1.82) is 0 Å². The van der Waals surface area contributed by atoms with Crippen LogP contribution in [0.5, 0.6) is 0 Å². The Morgan fingerprint density at radius 2 is 1.89 bits per heavy atom. The van der Waals surface area contributed by atoms with Crippen LogP contribution in [0.15, 0.2) is 0 Å². The summed E-state index contributed by atoms with van der Waals surface area (Å²) < 4.78 is 31.3. The molecule has 0 bridgehead atoms. The molecule has 0 saturated carbocycles. The van der Waals surface area contributed by atoms with Crippen LogP contribution in [0.1, 0.15) is 25.7 Å². The van der Waals surface area contributed by atoms with Gasteiger partial charge in [-0.25, -0.2) is 12.7 Å². The zero-order chi connectivity index (χ0) is 13.2. The lowest BCUT2D eigenvalue weighted by Crippen LogP contribution is -2.47. The normalized spacial score (nSPS) is 28.1. The number of carboxylic acids is 1. The highest BCUT2D eigenvalue weighted by Gasteiger charge is 2.37. The topological polar surface area (TPSA) is 83.9 Å². The summed E-state index contributed by atoms with van der Waals surface area (Å²) in [7, 11) is -3.36. The highest BCUT2D eigenvalue weighted by Crippen LogP contribution is 2.25. The zero-order valence-electron chi connectivity index (χ0n) is 10.2. The van der Waals surface area contributed by atoms with Crippen molar-refractivity contribution >= 4 is 16.0 Å². The first-order valence-corrected chi connectivity index (χ1v) is 7.81. The Bertz CT molecular complexity index is 402. The smallest absolute Gasteiger partial charge is 0.307 e. The third kappa shape index (κ3) is 2.84. The molecule has 0 aromatic heterocycles. The van der Waals surface area contributed by atoms with Gasteiger partial charge in [-0.15, -0.1) is 0 Å². The van der Waals surface area contributed by atoms with Crippen LogP contribution in [-0.2, 0) is 19.6 Å².